The molecule has 1 atom stereocenters. The number of aromatic nitrogens is 1. The predicted octanol–water partition coefficient (Wildman–Crippen LogP) is 3.95. The van der Waals surface area contributed by atoms with Gasteiger partial charge in [-0.25, -0.2) is 4.39 Å². The average molecular weight is 377 g/mol. The molecule has 1 unspecified atom stereocenters. The summed E-state index contributed by atoms with van der Waals surface area (Å²) in [7, 11) is 0. The molecule has 5 heteroatoms. The highest BCUT2D eigenvalue weighted by atomic mass is 19.1. The number of halogens is 1. The van der Waals surface area contributed by atoms with E-state index in [4.69, 9.17) is 4.74 Å². The summed E-state index contributed by atoms with van der Waals surface area (Å²) in [6.07, 6.45) is 3.75. The van der Waals surface area contributed by atoms with E-state index >= 15 is 0 Å². The first-order valence-electron chi connectivity index (χ1n) is 9.59. The molecular formula is C23H24FN3O. The Bertz CT molecular complexity index is 903. The van der Waals surface area contributed by atoms with Crippen LogP contribution in [0.4, 0.5) is 4.39 Å². The fourth-order valence-corrected chi connectivity index (χ4v) is 3.58. The van der Waals surface area contributed by atoms with Gasteiger partial charge in [0.05, 0.1) is 0 Å². The van der Waals surface area contributed by atoms with Gasteiger partial charge in [0.2, 0.25) is 0 Å². The molecule has 4 rings (SSSR count). The van der Waals surface area contributed by atoms with Gasteiger partial charge < -0.3 is 10.1 Å². The Kier molecular flexibility index (Phi) is 5.95. The highest BCUT2D eigenvalue weighted by molar-refractivity contribution is 5.29. The van der Waals surface area contributed by atoms with Crippen LogP contribution >= 0.6 is 0 Å². The van der Waals surface area contributed by atoms with Gasteiger partial charge in [0.1, 0.15) is 18.2 Å². The minimum Gasteiger partial charge on any atom is -0.489 e. The van der Waals surface area contributed by atoms with Gasteiger partial charge in [0.25, 0.3) is 0 Å². The van der Waals surface area contributed by atoms with E-state index in [0.29, 0.717) is 11.6 Å². The number of rotatable bonds is 6. The zero-order chi connectivity index (χ0) is 19.2. The fraction of sp³-hybridized carbons (Fsp3) is 0.261. The van der Waals surface area contributed by atoms with E-state index in [1.165, 1.54) is 17.2 Å². The van der Waals surface area contributed by atoms with Crippen molar-refractivity contribution in [3.63, 3.8) is 0 Å². The van der Waals surface area contributed by atoms with Crippen molar-refractivity contribution in [1.29, 1.82) is 0 Å². The maximum Gasteiger partial charge on any atom is 0.129 e. The Morgan fingerprint density at radius 1 is 1.11 bits per heavy atom. The summed E-state index contributed by atoms with van der Waals surface area (Å²) < 4.78 is 19.6. The first kappa shape index (κ1) is 18.6. The lowest BCUT2D eigenvalue weighted by molar-refractivity contribution is 0.153. The van der Waals surface area contributed by atoms with Crippen molar-refractivity contribution in [2.75, 3.05) is 19.6 Å². The summed E-state index contributed by atoms with van der Waals surface area (Å²) in [5, 5.41) is 3.47. The minimum atomic E-state index is -0.237. The van der Waals surface area contributed by atoms with E-state index < -0.39 is 0 Å². The third-order valence-corrected chi connectivity index (χ3v) is 5.06. The van der Waals surface area contributed by atoms with Gasteiger partial charge in [0.15, 0.2) is 0 Å². The highest BCUT2D eigenvalue weighted by Gasteiger charge is 2.23. The summed E-state index contributed by atoms with van der Waals surface area (Å²) in [4.78, 5) is 6.73. The van der Waals surface area contributed by atoms with Gasteiger partial charge in [-0.3, -0.25) is 9.88 Å². The Hall–Kier alpha value is -2.76. The minimum absolute atomic E-state index is 0.224. The number of piperazine rings is 1. The van der Waals surface area contributed by atoms with Crippen LogP contribution in [0, 0.1) is 5.82 Å². The second kappa shape index (κ2) is 8.95. The third-order valence-electron chi connectivity index (χ3n) is 5.06. The largest absolute Gasteiger partial charge is 0.489 e. The first-order valence-corrected chi connectivity index (χ1v) is 9.59. The van der Waals surface area contributed by atoms with Crippen LogP contribution in [0.3, 0.4) is 0 Å². The zero-order valence-corrected chi connectivity index (χ0v) is 15.7. The molecule has 3 aromatic rings. The van der Waals surface area contributed by atoms with Gasteiger partial charge in [-0.15, -0.1) is 0 Å². The Balaban J connectivity index is 1.44. The summed E-state index contributed by atoms with van der Waals surface area (Å²) in [6.45, 7) is 3.91. The van der Waals surface area contributed by atoms with E-state index in [0.717, 1.165) is 31.9 Å². The zero-order valence-electron chi connectivity index (χ0n) is 15.7. The van der Waals surface area contributed by atoms with Crippen LogP contribution in [0.5, 0.6) is 5.75 Å². The van der Waals surface area contributed by atoms with E-state index in [2.05, 4.69) is 27.3 Å². The number of benzene rings is 2. The number of nitrogens with one attached hydrogen (secondary N) is 1. The molecule has 144 valence electrons. The molecule has 0 radical (unpaired) electrons. The maximum atomic E-state index is 13.8. The molecule has 0 amide bonds. The normalized spacial score (nSPS) is 17.4. The third kappa shape index (κ3) is 4.55. The molecule has 1 fully saturated rings. The maximum absolute atomic E-state index is 13.8. The highest BCUT2D eigenvalue weighted by Crippen LogP contribution is 2.25. The molecular weight excluding hydrogens is 353 g/mol. The van der Waals surface area contributed by atoms with Gasteiger partial charge in [0, 0.05) is 50.2 Å². The topological polar surface area (TPSA) is 37.4 Å². The molecule has 2 aromatic carbocycles. The van der Waals surface area contributed by atoms with Crippen LogP contribution < -0.4 is 10.1 Å². The van der Waals surface area contributed by atoms with Crippen LogP contribution in [0.1, 0.15) is 22.7 Å². The van der Waals surface area contributed by atoms with Crippen molar-refractivity contribution in [1.82, 2.24) is 15.2 Å². The molecule has 1 aromatic heterocycles. The van der Waals surface area contributed by atoms with Crippen molar-refractivity contribution in [3.05, 3.63) is 95.6 Å². The fourth-order valence-electron chi connectivity index (χ4n) is 3.58. The predicted molar refractivity (Wildman–Crippen MR) is 107 cm³/mol. The van der Waals surface area contributed by atoms with Crippen LogP contribution in [-0.2, 0) is 13.2 Å². The monoisotopic (exact) mass is 377 g/mol. The molecule has 1 saturated heterocycles. The Morgan fingerprint density at radius 3 is 2.89 bits per heavy atom. The van der Waals surface area contributed by atoms with Crippen molar-refractivity contribution in [3.8, 4) is 5.75 Å². The van der Waals surface area contributed by atoms with Gasteiger partial charge in [-0.1, -0.05) is 36.4 Å². The van der Waals surface area contributed by atoms with Crippen molar-refractivity contribution < 1.29 is 9.13 Å². The second-order valence-electron chi connectivity index (χ2n) is 7.00. The van der Waals surface area contributed by atoms with Gasteiger partial charge >= 0.3 is 0 Å². The molecule has 0 aliphatic carbocycles. The average Bonchev–Trinajstić information content (AvgIpc) is 2.74. The Labute approximate surface area is 165 Å². The molecule has 1 aliphatic heterocycles. The summed E-state index contributed by atoms with van der Waals surface area (Å²) in [6, 6.07) is 19.2. The van der Waals surface area contributed by atoms with Crippen molar-refractivity contribution in [2.45, 2.75) is 19.2 Å². The van der Waals surface area contributed by atoms with Crippen molar-refractivity contribution in [2.24, 2.45) is 0 Å². The molecule has 28 heavy (non-hydrogen) atoms. The molecule has 4 nitrogen and oxygen atoms in total. The molecule has 1 N–H and O–H groups in total. The lowest BCUT2D eigenvalue weighted by atomic mass is 10.0. The first-order chi connectivity index (χ1) is 13.8. The molecule has 0 bridgehead atoms. The van der Waals surface area contributed by atoms with Crippen LogP contribution in [0.2, 0.25) is 0 Å². The molecule has 0 saturated carbocycles. The number of hydrogen-bond acceptors (Lipinski definition) is 4. The lowest BCUT2D eigenvalue weighted by Crippen LogP contribution is -2.45. The quantitative estimate of drug-likeness (QED) is 0.706. The van der Waals surface area contributed by atoms with Gasteiger partial charge in [-0.05, 0) is 35.4 Å². The van der Waals surface area contributed by atoms with E-state index in [-0.39, 0.29) is 12.4 Å². The van der Waals surface area contributed by atoms with E-state index in [1.807, 2.05) is 36.5 Å². The number of hydrogen-bond donors (Lipinski definition) is 1. The summed E-state index contributed by atoms with van der Waals surface area (Å²) >= 11 is 0. The smallest absolute Gasteiger partial charge is 0.129 e. The van der Waals surface area contributed by atoms with Crippen LogP contribution in [0.25, 0.3) is 0 Å². The summed E-state index contributed by atoms with van der Waals surface area (Å²) in [5.74, 6) is 0.521. The van der Waals surface area contributed by atoms with Crippen LogP contribution in [-0.4, -0.2) is 29.5 Å². The molecule has 1 aliphatic rings. The number of nitrogens with zero attached hydrogens (tertiary/aromatic N) is 2. The molecule has 0 spiro atoms. The van der Waals surface area contributed by atoms with Gasteiger partial charge in [-0.2, -0.15) is 0 Å². The second-order valence-corrected chi connectivity index (χ2v) is 7.00. The number of ether oxygens (including phenoxy) is 1. The number of pyridine rings is 1. The SMILES string of the molecule is Fc1ccccc1COc1cccc(CN2CCNCC2c2cccnc2)c1. The summed E-state index contributed by atoms with van der Waals surface area (Å²) in [5.41, 5.74) is 2.97. The van der Waals surface area contributed by atoms with E-state index in [1.54, 1.807) is 18.3 Å². The van der Waals surface area contributed by atoms with Crippen molar-refractivity contribution >= 4 is 0 Å². The molecule has 2 heterocycles. The van der Waals surface area contributed by atoms with E-state index in [9.17, 15) is 4.39 Å². The van der Waals surface area contributed by atoms with Crippen LogP contribution in [0.15, 0.2) is 73.1 Å². The standard InChI is InChI=1S/C23H24FN3O/c24-22-9-2-1-6-20(22)17-28-21-8-3-5-18(13-21)16-27-12-11-26-15-23(27)19-7-4-10-25-14-19/h1-10,13-14,23,26H,11-12,15-17H2. The lowest BCUT2D eigenvalue weighted by Gasteiger charge is -2.36. The Morgan fingerprint density at radius 2 is 2.04 bits per heavy atom.